The number of nitrogens with zero attached hydrogens (tertiary/aromatic N) is 3. The van der Waals surface area contributed by atoms with Gasteiger partial charge in [-0.05, 0) is 12.1 Å². The predicted molar refractivity (Wildman–Crippen MR) is 52.1 cm³/mol. The van der Waals surface area contributed by atoms with Crippen LogP contribution in [0.1, 0.15) is 5.56 Å². The third-order valence-electron chi connectivity index (χ3n) is 1.80. The zero-order valence-corrected chi connectivity index (χ0v) is 8.61. The van der Waals surface area contributed by atoms with E-state index in [4.69, 9.17) is 5.11 Å². The molecule has 0 bridgehead atoms. The number of aliphatic hydroxyl groups is 1. The van der Waals surface area contributed by atoms with Crippen LogP contribution in [0, 0.1) is 0 Å². The minimum atomic E-state index is -0.0192. The second-order valence-electron chi connectivity index (χ2n) is 2.78. The van der Waals surface area contributed by atoms with Crippen LogP contribution >= 0.6 is 15.9 Å². The Kier molecular flexibility index (Phi) is 2.05. The highest BCUT2D eigenvalue weighted by Gasteiger charge is 2.06. The minimum absolute atomic E-state index is 0.0192. The van der Waals surface area contributed by atoms with E-state index in [1.165, 1.54) is 4.80 Å². The number of halogens is 1. The Balaban J connectivity index is 2.80. The molecule has 1 heterocycles. The first-order chi connectivity index (χ1) is 6.20. The number of aromatic nitrogens is 3. The summed E-state index contributed by atoms with van der Waals surface area (Å²) in [6, 6.07) is 3.72. The fourth-order valence-corrected chi connectivity index (χ4v) is 1.77. The minimum Gasteiger partial charge on any atom is -0.392 e. The van der Waals surface area contributed by atoms with Crippen molar-refractivity contribution in [1.29, 1.82) is 0 Å². The van der Waals surface area contributed by atoms with Gasteiger partial charge < -0.3 is 5.11 Å². The van der Waals surface area contributed by atoms with E-state index in [-0.39, 0.29) is 6.61 Å². The molecular weight excluding hydrogens is 234 g/mol. The van der Waals surface area contributed by atoms with Crippen LogP contribution in [0.5, 0.6) is 0 Å². The van der Waals surface area contributed by atoms with Crippen molar-refractivity contribution in [2.75, 3.05) is 0 Å². The van der Waals surface area contributed by atoms with Gasteiger partial charge in [0.1, 0.15) is 11.0 Å². The highest BCUT2D eigenvalue weighted by Crippen LogP contribution is 2.21. The molecule has 0 saturated heterocycles. The molecule has 0 aliphatic heterocycles. The molecule has 2 aromatic rings. The molecule has 4 nitrogen and oxygen atoms in total. The lowest BCUT2D eigenvalue weighted by molar-refractivity contribution is 0.283. The Morgan fingerprint density at radius 3 is 2.92 bits per heavy atom. The van der Waals surface area contributed by atoms with Gasteiger partial charge in [0.15, 0.2) is 0 Å². The fourth-order valence-electron chi connectivity index (χ4n) is 1.28. The van der Waals surface area contributed by atoms with Crippen molar-refractivity contribution >= 4 is 27.0 Å². The summed E-state index contributed by atoms with van der Waals surface area (Å²) in [5.41, 5.74) is 2.34. The van der Waals surface area contributed by atoms with Crippen molar-refractivity contribution < 1.29 is 5.11 Å². The lowest BCUT2D eigenvalue weighted by atomic mass is 10.2. The first-order valence-corrected chi connectivity index (χ1v) is 4.60. The van der Waals surface area contributed by atoms with E-state index in [1.54, 1.807) is 7.05 Å². The molecule has 1 aromatic carbocycles. The smallest absolute Gasteiger partial charge is 0.118 e. The molecule has 1 aromatic heterocycles. The summed E-state index contributed by atoms with van der Waals surface area (Å²) in [6.45, 7) is -0.0192. The van der Waals surface area contributed by atoms with Crippen molar-refractivity contribution in [1.82, 2.24) is 15.0 Å². The third-order valence-corrected chi connectivity index (χ3v) is 2.26. The van der Waals surface area contributed by atoms with E-state index in [1.807, 2.05) is 12.1 Å². The third kappa shape index (κ3) is 1.45. The molecule has 1 N–H and O–H groups in total. The van der Waals surface area contributed by atoms with Crippen LogP contribution in [0.2, 0.25) is 0 Å². The summed E-state index contributed by atoms with van der Waals surface area (Å²) in [5.74, 6) is 0. The van der Waals surface area contributed by atoms with Gasteiger partial charge in [-0.1, -0.05) is 15.9 Å². The highest BCUT2D eigenvalue weighted by molar-refractivity contribution is 9.10. The maximum atomic E-state index is 9.07. The van der Waals surface area contributed by atoms with Crippen LogP contribution in [0.15, 0.2) is 16.6 Å². The number of fused-ring (bicyclic) bond motifs is 1. The van der Waals surface area contributed by atoms with Crippen molar-refractivity contribution in [2.24, 2.45) is 7.05 Å². The molecule has 68 valence electrons. The number of hydrogen-bond acceptors (Lipinski definition) is 3. The zero-order chi connectivity index (χ0) is 9.42. The second kappa shape index (κ2) is 3.08. The summed E-state index contributed by atoms with van der Waals surface area (Å²) in [4.78, 5) is 1.50. The van der Waals surface area contributed by atoms with Crippen molar-refractivity contribution in [3.05, 3.63) is 22.2 Å². The molecule has 13 heavy (non-hydrogen) atoms. The summed E-state index contributed by atoms with van der Waals surface area (Å²) in [6.07, 6.45) is 0. The van der Waals surface area contributed by atoms with E-state index < -0.39 is 0 Å². The molecule has 0 aliphatic carbocycles. The normalized spacial score (nSPS) is 11.0. The van der Waals surface area contributed by atoms with Crippen LogP contribution in [-0.2, 0) is 13.7 Å². The van der Waals surface area contributed by atoms with Gasteiger partial charge in [0.05, 0.1) is 6.61 Å². The number of rotatable bonds is 1. The zero-order valence-electron chi connectivity index (χ0n) is 7.03. The largest absolute Gasteiger partial charge is 0.392 e. The average Bonchev–Trinajstić information content (AvgIpc) is 2.43. The van der Waals surface area contributed by atoms with Crippen molar-refractivity contribution in [3.8, 4) is 0 Å². The van der Waals surface area contributed by atoms with Gasteiger partial charge in [0.2, 0.25) is 0 Å². The SMILES string of the molecule is Cn1nc2cc(Br)cc(CO)c2n1. The van der Waals surface area contributed by atoms with E-state index in [0.29, 0.717) is 0 Å². The Labute approximate surface area is 83.3 Å². The monoisotopic (exact) mass is 241 g/mol. The first-order valence-electron chi connectivity index (χ1n) is 3.81. The summed E-state index contributed by atoms with van der Waals surface area (Å²) < 4.78 is 0.907. The topological polar surface area (TPSA) is 50.9 Å². The van der Waals surface area contributed by atoms with Crippen molar-refractivity contribution in [2.45, 2.75) is 6.61 Å². The second-order valence-corrected chi connectivity index (χ2v) is 3.70. The maximum absolute atomic E-state index is 9.07. The van der Waals surface area contributed by atoms with Crippen LogP contribution < -0.4 is 0 Å². The molecule has 0 spiro atoms. The Hall–Kier alpha value is -0.940. The molecule has 0 unspecified atom stereocenters. The van der Waals surface area contributed by atoms with Gasteiger partial charge in [-0.2, -0.15) is 15.0 Å². The van der Waals surface area contributed by atoms with E-state index >= 15 is 0 Å². The number of hydrogen-bond donors (Lipinski definition) is 1. The van der Waals surface area contributed by atoms with Crippen LogP contribution in [0.4, 0.5) is 0 Å². The number of aryl methyl sites for hydroxylation is 1. The van der Waals surface area contributed by atoms with E-state index in [2.05, 4.69) is 26.1 Å². The molecule has 5 heteroatoms. The molecular formula is C8H8BrN3O. The summed E-state index contributed by atoms with van der Waals surface area (Å²) >= 11 is 3.35. The molecule has 0 amide bonds. The highest BCUT2D eigenvalue weighted by atomic mass is 79.9. The van der Waals surface area contributed by atoms with Gasteiger partial charge in [0.25, 0.3) is 0 Å². The standard InChI is InChI=1S/C8H8BrN3O/c1-12-10-7-3-6(9)2-5(4-13)8(7)11-12/h2-3,13H,4H2,1H3. The Bertz CT molecular complexity index is 452. The van der Waals surface area contributed by atoms with Gasteiger partial charge in [0, 0.05) is 17.1 Å². The number of benzene rings is 1. The molecule has 0 fully saturated rings. The van der Waals surface area contributed by atoms with Gasteiger partial charge in [-0.15, -0.1) is 0 Å². The van der Waals surface area contributed by atoms with Crippen LogP contribution in [0.3, 0.4) is 0 Å². The molecule has 0 radical (unpaired) electrons. The van der Waals surface area contributed by atoms with Crippen LogP contribution in [0.25, 0.3) is 11.0 Å². The summed E-state index contributed by atoms with van der Waals surface area (Å²) in [5, 5.41) is 17.4. The summed E-state index contributed by atoms with van der Waals surface area (Å²) in [7, 11) is 1.76. The number of aliphatic hydroxyl groups excluding tert-OH is 1. The van der Waals surface area contributed by atoms with E-state index in [0.717, 1.165) is 21.1 Å². The average molecular weight is 242 g/mol. The lowest BCUT2D eigenvalue weighted by Crippen LogP contribution is -1.91. The maximum Gasteiger partial charge on any atom is 0.118 e. The van der Waals surface area contributed by atoms with Crippen LogP contribution in [-0.4, -0.2) is 20.1 Å². The lowest BCUT2D eigenvalue weighted by Gasteiger charge is -1.96. The van der Waals surface area contributed by atoms with E-state index in [9.17, 15) is 0 Å². The first kappa shape index (κ1) is 8.65. The van der Waals surface area contributed by atoms with Gasteiger partial charge in [-0.3, -0.25) is 0 Å². The van der Waals surface area contributed by atoms with Crippen molar-refractivity contribution in [3.63, 3.8) is 0 Å². The molecule has 2 rings (SSSR count). The van der Waals surface area contributed by atoms with Gasteiger partial charge in [-0.25, -0.2) is 0 Å². The van der Waals surface area contributed by atoms with Gasteiger partial charge >= 0.3 is 0 Å². The predicted octanol–water partition coefficient (Wildman–Crippen LogP) is 1.22. The molecule has 0 aliphatic rings. The fraction of sp³-hybridized carbons (Fsp3) is 0.250. The quantitative estimate of drug-likeness (QED) is 0.818. The Morgan fingerprint density at radius 1 is 1.46 bits per heavy atom. The Morgan fingerprint density at radius 2 is 2.23 bits per heavy atom. The molecule has 0 atom stereocenters. The molecule has 0 saturated carbocycles.